The lowest BCUT2D eigenvalue weighted by Crippen LogP contribution is -2.24. The molecule has 0 saturated heterocycles. The molecule has 0 aliphatic carbocycles. The Balaban J connectivity index is 1.52. The van der Waals surface area contributed by atoms with Gasteiger partial charge in [0.2, 0.25) is 0 Å². The second-order valence-electron chi connectivity index (χ2n) is 6.53. The van der Waals surface area contributed by atoms with E-state index in [1.165, 1.54) is 7.11 Å². The maximum Gasteiger partial charge on any atom is 0.291 e. The number of anilines is 1. The second kappa shape index (κ2) is 8.48. The average Bonchev–Trinajstić information content (AvgIpc) is 3.23. The Hall–Kier alpha value is -4.13. The molecule has 0 fully saturated rings. The molecule has 2 N–H and O–H groups in total. The number of amides is 2. The lowest BCUT2D eigenvalue weighted by Gasteiger charge is -2.10. The first kappa shape index (κ1) is 19.2. The van der Waals surface area contributed by atoms with E-state index in [1.54, 1.807) is 54.9 Å². The monoisotopic (exact) mass is 401 g/mol. The van der Waals surface area contributed by atoms with Crippen molar-refractivity contribution in [3.8, 4) is 5.75 Å². The van der Waals surface area contributed by atoms with Crippen LogP contribution in [0.3, 0.4) is 0 Å². The zero-order valence-corrected chi connectivity index (χ0v) is 16.2. The summed E-state index contributed by atoms with van der Waals surface area (Å²) in [6.07, 6.45) is 3.35. The van der Waals surface area contributed by atoms with E-state index in [4.69, 9.17) is 9.15 Å². The summed E-state index contributed by atoms with van der Waals surface area (Å²) in [5.41, 5.74) is 2.11. The normalized spacial score (nSPS) is 10.6. The number of nitrogens with zero attached hydrogens (tertiary/aromatic N) is 1. The van der Waals surface area contributed by atoms with E-state index in [0.29, 0.717) is 29.1 Å². The van der Waals surface area contributed by atoms with E-state index >= 15 is 0 Å². The van der Waals surface area contributed by atoms with Crippen LogP contribution in [0.2, 0.25) is 0 Å². The number of benzene rings is 2. The van der Waals surface area contributed by atoms with Crippen LogP contribution in [-0.4, -0.2) is 23.9 Å². The highest BCUT2D eigenvalue weighted by Gasteiger charge is 2.18. The van der Waals surface area contributed by atoms with Crippen molar-refractivity contribution in [2.24, 2.45) is 0 Å². The highest BCUT2D eigenvalue weighted by atomic mass is 16.5. The fraction of sp³-hybridized carbons (Fsp3) is 0.0870. The highest BCUT2D eigenvalue weighted by Crippen LogP contribution is 2.29. The highest BCUT2D eigenvalue weighted by molar-refractivity contribution is 6.09. The summed E-state index contributed by atoms with van der Waals surface area (Å²) in [6, 6.07) is 17.5. The minimum absolute atomic E-state index is 0.125. The predicted octanol–water partition coefficient (Wildman–Crippen LogP) is 4.02. The van der Waals surface area contributed by atoms with E-state index in [2.05, 4.69) is 15.6 Å². The van der Waals surface area contributed by atoms with Gasteiger partial charge in [-0.3, -0.25) is 14.6 Å². The first-order chi connectivity index (χ1) is 14.7. The van der Waals surface area contributed by atoms with Crippen LogP contribution in [0.15, 0.2) is 77.5 Å². The first-order valence-electron chi connectivity index (χ1n) is 9.30. The fourth-order valence-electron chi connectivity index (χ4n) is 3.06. The molecular weight excluding hydrogens is 382 g/mol. The van der Waals surface area contributed by atoms with E-state index in [0.717, 1.165) is 10.9 Å². The number of hydrogen-bond acceptors (Lipinski definition) is 5. The molecule has 0 bridgehead atoms. The SMILES string of the molecule is COc1cccc2cc(C(=O)Nc3ccccc3C(=O)NCc3cccnc3)oc12. The molecule has 7 heteroatoms. The van der Waals surface area contributed by atoms with Crippen LogP contribution in [-0.2, 0) is 6.54 Å². The molecule has 0 atom stereocenters. The molecule has 150 valence electrons. The molecule has 2 heterocycles. The third kappa shape index (κ3) is 4.00. The Kier molecular flexibility index (Phi) is 5.43. The van der Waals surface area contributed by atoms with Crippen molar-refractivity contribution in [3.63, 3.8) is 0 Å². The van der Waals surface area contributed by atoms with Gasteiger partial charge in [-0.2, -0.15) is 0 Å². The lowest BCUT2D eigenvalue weighted by molar-refractivity contribution is 0.0951. The summed E-state index contributed by atoms with van der Waals surface area (Å²) >= 11 is 0. The summed E-state index contributed by atoms with van der Waals surface area (Å²) in [5, 5.41) is 6.34. The van der Waals surface area contributed by atoms with Crippen LogP contribution in [0.1, 0.15) is 26.5 Å². The minimum Gasteiger partial charge on any atom is -0.493 e. The Morgan fingerprint density at radius 1 is 1.03 bits per heavy atom. The Bertz CT molecular complexity index is 1200. The number of furan rings is 1. The standard InChI is InChI=1S/C23H19N3O4/c1-29-19-10-4-7-16-12-20(30-21(16)19)23(28)26-18-9-3-2-8-17(18)22(27)25-14-15-6-5-11-24-13-15/h2-13H,14H2,1H3,(H,25,27)(H,26,28). The van der Waals surface area contributed by atoms with Gasteiger partial charge in [-0.15, -0.1) is 0 Å². The van der Waals surface area contributed by atoms with Crippen molar-refractivity contribution >= 4 is 28.5 Å². The van der Waals surface area contributed by atoms with Gasteiger partial charge in [0.05, 0.1) is 18.4 Å². The predicted molar refractivity (Wildman–Crippen MR) is 113 cm³/mol. The average molecular weight is 401 g/mol. The number of ether oxygens (including phenoxy) is 1. The number of pyridine rings is 1. The van der Waals surface area contributed by atoms with E-state index in [-0.39, 0.29) is 11.7 Å². The zero-order chi connectivity index (χ0) is 20.9. The van der Waals surface area contributed by atoms with Crippen molar-refractivity contribution in [1.29, 1.82) is 0 Å². The number of para-hydroxylation sites is 2. The summed E-state index contributed by atoms with van der Waals surface area (Å²) in [7, 11) is 1.54. The second-order valence-corrected chi connectivity index (χ2v) is 6.53. The van der Waals surface area contributed by atoms with E-state index < -0.39 is 5.91 Å². The molecule has 2 aromatic heterocycles. The third-order valence-corrected chi connectivity index (χ3v) is 4.55. The number of carbonyl (C=O) groups is 2. The van der Waals surface area contributed by atoms with Gasteiger partial charge in [-0.05, 0) is 35.9 Å². The number of fused-ring (bicyclic) bond motifs is 1. The van der Waals surface area contributed by atoms with Gasteiger partial charge in [0, 0.05) is 24.3 Å². The molecular formula is C23H19N3O4. The molecule has 2 aromatic carbocycles. The maximum atomic E-state index is 12.8. The van der Waals surface area contributed by atoms with Gasteiger partial charge >= 0.3 is 0 Å². The smallest absolute Gasteiger partial charge is 0.291 e. The molecule has 0 aliphatic heterocycles. The molecule has 0 aliphatic rings. The van der Waals surface area contributed by atoms with Crippen LogP contribution in [0.5, 0.6) is 5.75 Å². The molecule has 30 heavy (non-hydrogen) atoms. The van der Waals surface area contributed by atoms with Crippen LogP contribution < -0.4 is 15.4 Å². The van der Waals surface area contributed by atoms with Gasteiger partial charge in [0.25, 0.3) is 11.8 Å². The molecule has 2 amide bonds. The molecule has 0 spiro atoms. The Morgan fingerprint density at radius 3 is 2.70 bits per heavy atom. The van der Waals surface area contributed by atoms with E-state index in [1.807, 2.05) is 18.2 Å². The van der Waals surface area contributed by atoms with Crippen molar-refractivity contribution in [1.82, 2.24) is 10.3 Å². The van der Waals surface area contributed by atoms with Crippen LogP contribution in [0, 0.1) is 0 Å². The van der Waals surface area contributed by atoms with Gasteiger partial charge in [-0.1, -0.05) is 30.3 Å². The molecule has 4 aromatic rings. The molecule has 0 saturated carbocycles. The van der Waals surface area contributed by atoms with Gasteiger partial charge in [0.15, 0.2) is 17.1 Å². The Labute approximate surface area is 172 Å². The third-order valence-electron chi connectivity index (χ3n) is 4.55. The van der Waals surface area contributed by atoms with Crippen molar-refractivity contribution in [2.75, 3.05) is 12.4 Å². The molecule has 7 nitrogen and oxygen atoms in total. The molecule has 0 radical (unpaired) electrons. The molecule has 4 rings (SSSR count). The molecule has 0 unspecified atom stereocenters. The maximum absolute atomic E-state index is 12.8. The van der Waals surface area contributed by atoms with Crippen LogP contribution in [0.4, 0.5) is 5.69 Å². The number of carbonyl (C=O) groups excluding carboxylic acids is 2. The summed E-state index contributed by atoms with van der Waals surface area (Å²) in [6.45, 7) is 0.332. The summed E-state index contributed by atoms with van der Waals surface area (Å²) < 4.78 is 11.0. The van der Waals surface area contributed by atoms with Crippen molar-refractivity contribution in [2.45, 2.75) is 6.54 Å². The number of rotatable bonds is 6. The van der Waals surface area contributed by atoms with Gasteiger partial charge in [0.1, 0.15) is 0 Å². The number of nitrogens with one attached hydrogen (secondary N) is 2. The number of aromatic nitrogens is 1. The van der Waals surface area contributed by atoms with Crippen LogP contribution >= 0.6 is 0 Å². The number of hydrogen-bond donors (Lipinski definition) is 2. The van der Waals surface area contributed by atoms with Crippen molar-refractivity contribution in [3.05, 3.63) is 89.9 Å². The van der Waals surface area contributed by atoms with Crippen LogP contribution in [0.25, 0.3) is 11.0 Å². The topological polar surface area (TPSA) is 93.5 Å². The minimum atomic E-state index is -0.458. The fourth-order valence-corrected chi connectivity index (χ4v) is 3.06. The first-order valence-corrected chi connectivity index (χ1v) is 9.30. The largest absolute Gasteiger partial charge is 0.493 e. The summed E-state index contributed by atoms with van der Waals surface area (Å²) in [4.78, 5) is 29.4. The Morgan fingerprint density at radius 2 is 1.90 bits per heavy atom. The van der Waals surface area contributed by atoms with Crippen molar-refractivity contribution < 1.29 is 18.7 Å². The lowest BCUT2D eigenvalue weighted by atomic mass is 10.1. The van der Waals surface area contributed by atoms with E-state index in [9.17, 15) is 9.59 Å². The zero-order valence-electron chi connectivity index (χ0n) is 16.2. The van der Waals surface area contributed by atoms with Gasteiger partial charge in [-0.25, -0.2) is 0 Å². The summed E-state index contributed by atoms with van der Waals surface area (Å²) in [5.74, 6) is -0.0939. The quantitative estimate of drug-likeness (QED) is 0.509. The van der Waals surface area contributed by atoms with Gasteiger partial charge < -0.3 is 19.8 Å². The number of methoxy groups -OCH3 is 1.